The Kier molecular flexibility index (Phi) is 6.75. The Bertz CT molecular complexity index is 741. The number of hydrogen-bond acceptors (Lipinski definition) is 2. The molecule has 0 aromatic heterocycles. The van der Waals surface area contributed by atoms with Gasteiger partial charge in [0.25, 0.3) is 0 Å². The van der Waals surface area contributed by atoms with Crippen molar-refractivity contribution >= 4 is 15.2 Å². The SMILES string of the molecule is O=P(O)(O)C(CCCc1ccc(Cc2ccccc2)cc1)P(=O)(O)O. The lowest BCUT2D eigenvalue weighted by molar-refractivity contribution is 0.334. The molecule has 0 fully saturated rings. The van der Waals surface area contributed by atoms with E-state index < -0.39 is 20.6 Å². The third kappa shape index (κ3) is 6.52. The van der Waals surface area contributed by atoms with Crippen LogP contribution in [-0.2, 0) is 22.0 Å². The van der Waals surface area contributed by atoms with Crippen molar-refractivity contribution in [3.05, 3.63) is 71.3 Å². The minimum atomic E-state index is -4.83. The van der Waals surface area contributed by atoms with Crippen LogP contribution in [0.3, 0.4) is 0 Å². The molecule has 0 atom stereocenters. The molecule has 0 saturated carbocycles. The van der Waals surface area contributed by atoms with Crippen molar-refractivity contribution in [3.8, 4) is 0 Å². The lowest BCUT2D eigenvalue weighted by Gasteiger charge is -2.19. The molecule has 0 radical (unpaired) electrons. The Morgan fingerprint density at radius 1 is 0.720 bits per heavy atom. The summed E-state index contributed by atoms with van der Waals surface area (Å²) in [5.74, 6) is 0. The Morgan fingerprint density at radius 2 is 1.20 bits per heavy atom. The minimum Gasteiger partial charge on any atom is -0.324 e. The maximum atomic E-state index is 11.2. The Labute approximate surface area is 146 Å². The van der Waals surface area contributed by atoms with Crippen LogP contribution in [-0.4, -0.2) is 25.0 Å². The summed E-state index contributed by atoms with van der Waals surface area (Å²) >= 11 is 0. The average molecular weight is 384 g/mol. The molecule has 6 nitrogen and oxygen atoms in total. The lowest BCUT2D eigenvalue weighted by atomic mass is 10.0. The standard InChI is InChI=1S/C17H22O6P2/c18-24(19,20)17(25(21,22)23)8-4-7-14-9-11-16(12-10-14)13-15-5-2-1-3-6-15/h1-3,5-6,9-12,17H,4,7-8,13H2,(H2,18,19,20)(H2,21,22,23). The van der Waals surface area contributed by atoms with Crippen LogP contribution >= 0.6 is 15.2 Å². The summed E-state index contributed by atoms with van der Waals surface area (Å²) in [6.45, 7) is 0. The molecular formula is C17H22O6P2. The van der Waals surface area contributed by atoms with Gasteiger partial charge in [0.2, 0.25) is 0 Å². The molecule has 0 unspecified atom stereocenters. The first-order chi connectivity index (χ1) is 11.7. The zero-order valence-corrected chi connectivity index (χ0v) is 15.4. The monoisotopic (exact) mass is 384 g/mol. The molecule has 0 aliphatic carbocycles. The van der Waals surface area contributed by atoms with Crippen molar-refractivity contribution in [1.82, 2.24) is 0 Å². The molecule has 4 N–H and O–H groups in total. The van der Waals surface area contributed by atoms with Gasteiger partial charge in [-0.3, -0.25) is 9.13 Å². The highest BCUT2D eigenvalue weighted by molar-refractivity contribution is 7.70. The third-order valence-electron chi connectivity index (χ3n) is 3.98. The van der Waals surface area contributed by atoms with Gasteiger partial charge < -0.3 is 19.6 Å². The van der Waals surface area contributed by atoms with Gasteiger partial charge in [-0.05, 0) is 42.4 Å². The van der Waals surface area contributed by atoms with Crippen molar-refractivity contribution in [2.24, 2.45) is 0 Å². The predicted octanol–water partition coefficient (Wildman–Crippen LogP) is 3.28. The second-order valence-electron chi connectivity index (χ2n) is 6.03. The Hall–Kier alpha value is -1.26. The Balaban J connectivity index is 1.91. The summed E-state index contributed by atoms with van der Waals surface area (Å²) in [5, 5.41) is -1.92. The van der Waals surface area contributed by atoms with Crippen molar-refractivity contribution in [1.29, 1.82) is 0 Å². The number of hydrogen-bond donors (Lipinski definition) is 4. The fourth-order valence-electron chi connectivity index (χ4n) is 2.68. The molecule has 0 bridgehead atoms. The highest BCUT2D eigenvalue weighted by Gasteiger charge is 2.42. The summed E-state index contributed by atoms with van der Waals surface area (Å²) in [5.41, 5.74) is 3.33. The Morgan fingerprint density at radius 3 is 1.72 bits per heavy atom. The topological polar surface area (TPSA) is 115 Å². The minimum absolute atomic E-state index is 0.222. The maximum absolute atomic E-state index is 11.2. The highest BCUT2D eigenvalue weighted by atomic mass is 31.2. The van der Waals surface area contributed by atoms with E-state index in [1.54, 1.807) is 0 Å². The summed E-state index contributed by atoms with van der Waals surface area (Å²) in [7, 11) is -9.66. The molecule has 0 aliphatic heterocycles. The van der Waals surface area contributed by atoms with Crippen molar-refractivity contribution < 1.29 is 28.7 Å². The van der Waals surface area contributed by atoms with Gasteiger partial charge in [0.15, 0.2) is 5.40 Å². The molecule has 0 saturated heterocycles. The van der Waals surface area contributed by atoms with Crippen LogP contribution in [0.15, 0.2) is 54.6 Å². The number of rotatable bonds is 8. The first-order valence-electron chi connectivity index (χ1n) is 7.88. The number of aryl methyl sites for hydroxylation is 1. The van der Waals surface area contributed by atoms with Gasteiger partial charge >= 0.3 is 15.2 Å². The average Bonchev–Trinajstić information content (AvgIpc) is 2.51. The third-order valence-corrected chi connectivity index (χ3v) is 7.85. The molecule has 0 amide bonds. The normalized spacial score (nSPS) is 12.5. The largest absolute Gasteiger partial charge is 0.340 e. The molecule has 136 valence electrons. The van der Waals surface area contributed by atoms with E-state index in [1.807, 2.05) is 42.5 Å². The van der Waals surface area contributed by atoms with E-state index in [4.69, 9.17) is 19.6 Å². The molecule has 25 heavy (non-hydrogen) atoms. The second-order valence-corrected chi connectivity index (χ2v) is 10.0. The molecular weight excluding hydrogens is 362 g/mol. The van der Waals surface area contributed by atoms with E-state index in [0.29, 0.717) is 12.8 Å². The van der Waals surface area contributed by atoms with Crippen molar-refractivity contribution in [2.75, 3.05) is 0 Å². The predicted molar refractivity (Wildman–Crippen MR) is 96.5 cm³/mol. The molecule has 2 aromatic carbocycles. The molecule has 0 heterocycles. The molecule has 2 rings (SSSR count). The van der Waals surface area contributed by atoms with Gasteiger partial charge in [0.1, 0.15) is 0 Å². The van der Waals surface area contributed by atoms with Crippen LogP contribution in [0, 0.1) is 0 Å². The molecule has 0 spiro atoms. The van der Waals surface area contributed by atoms with Crippen LogP contribution in [0.5, 0.6) is 0 Å². The smallest absolute Gasteiger partial charge is 0.324 e. The zero-order chi connectivity index (χ0) is 18.5. The molecule has 2 aromatic rings. The molecule has 8 heteroatoms. The van der Waals surface area contributed by atoms with Gasteiger partial charge in [0.05, 0.1) is 0 Å². The van der Waals surface area contributed by atoms with Gasteiger partial charge in [0, 0.05) is 0 Å². The summed E-state index contributed by atoms with van der Waals surface area (Å²) in [6.07, 6.45) is 1.39. The van der Waals surface area contributed by atoms with E-state index in [2.05, 4.69) is 12.1 Å². The van der Waals surface area contributed by atoms with Gasteiger partial charge in [-0.25, -0.2) is 0 Å². The first kappa shape index (κ1) is 20.1. The van der Waals surface area contributed by atoms with E-state index in [1.165, 1.54) is 5.56 Å². The summed E-state index contributed by atoms with van der Waals surface area (Å²) < 4.78 is 22.5. The second kappa shape index (κ2) is 8.41. The zero-order valence-electron chi connectivity index (χ0n) is 13.6. The van der Waals surface area contributed by atoms with Crippen LogP contribution in [0.25, 0.3) is 0 Å². The van der Waals surface area contributed by atoms with E-state index in [0.717, 1.165) is 17.5 Å². The van der Waals surface area contributed by atoms with Crippen LogP contribution in [0.4, 0.5) is 0 Å². The van der Waals surface area contributed by atoms with Crippen molar-refractivity contribution in [3.63, 3.8) is 0 Å². The van der Waals surface area contributed by atoms with Gasteiger partial charge in [-0.2, -0.15) is 0 Å². The fraction of sp³-hybridized carbons (Fsp3) is 0.294. The molecule has 0 aliphatic rings. The van der Waals surface area contributed by atoms with Crippen LogP contribution in [0.2, 0.25) is 0 Å². The van der Waals surface area contributed by atoms with Crippen LogP contribution in [0.1, 0.15) is 29.5 Å². The lowest BCUT2D eigenvalue weighted by Crippen LogP contribution is -2.09. The van der Waals surface area contributed by atoms with Crippen molar-refractivity contribution in [2.45, 2.75) is 31.1 Å². The number of benzene rings is 2. The quantitative estimate of drug-likeness (QED) is 0.519. The summed E-state index contributed by atoms with van der Waals surface area (Å²) in [4.78, 5) is 36.4. The highest BCUT2D eigenvalue weighted by Crippen LogP contribution is 2.61. The summed E-state index contributed by atoms with van der Waals surface area (Å²) in [6, 6.07) is 17.9. The van der Waals surface area contributed by atoms with E-state index in [9.17, 15) is 9.13 Å². The van der Waals surface area contributed by atoms with E-state index >= 15 is 0 Å². The van der Waals surface area contributed by atoms with E-state index in [-0.39, 0.29) is 6.42 Å². The first-order valence-corrected chi connectivity index (χ1v) is 11.2. The maximum Gasteiger partial charge on any atom is 0.340 e. The van der Waals surface area contributed by atoms with Crippen LogP contribution < -0.4 is 0 Å². The van der Waals surface area contributed by atoms with Gasteiger partial charge in [-0.15, -0.1) is 0 Å². The fourth-order valence-corrected chi connectivity index (χ4v) is 5.28. The van der Waals surface area contributed by atoms with Gasteiger partial charge in [-0.1, -0.05) is 54.6 Å².